The molecule has 1 nitrogen and oxygen atoms in total. The average Bonchev–Trinajstić information content (AvgIpc) is 2.97. The van der Waals surface area contributed by atoms with Crippen LogP contribution in [0.15, 0.2) is 0 Å². The maximum absolute atomic E-state index is 6.59. The van der Waals surface area contributed by atoms with Gasteiger partial charge in [-0.1, -0.05) is 47.5 Å². The van der Waals surface area contributed by atoms with E-state index < -0.39 is 8.32 Å². The van der Waals surface area contributed by atoms with Crippen LogP contribution in [-0.4, -0.2) is 31.0 Å². The molecule has 4 atom stereocenters. The molecular formula is C19H38OS2Si. The van der Waals surface area contributed by atoms with Crippen LogP contribution in [0, 0.1) is 23.7 Å². The van der Waals surface area contributed by atoms with E-state index in [-0.39, 0.29) is 0 Å². The van der Waals surface area contributed by atoms with Crippen LogP contribution in [0.4, 0.5) is 0 Å². The summed E-state index contributed by atoms with van der Waals surface area (Å²) in [4.78, 5) is 0. The molecule has 0 bridgehead atoms. The lowest BCUT2D eigenvalue weighted by Gasteiger charge is -2.44. The lowest BCUT2D eigenvalue weighted by atomic mass is 9.68. The molecule has 0 N–H and O–H groups in total. The van der Waals surface area contributed by atoms with Crippen molar-refractivity contribution in [3.63, 3.8) is 0 Å². The van der Waals surface area contributed by atoms with E-state index in [1.54, 1.807) is 0 Å². The molecule has 1 aliphatic carbocycles. The average molecular weight is 375 g/mol. The third kappa shape index (κ3) is 4.95. The molecule has 0 amide bonds. The monoisotopic (exact) mass is 374 g/mol. The highest BCUT2D eigenvalue weighted by molar-refractivity contribution is 8.20. The minimum atomic E-state index is -1.62. The molecule has 0 spiro atoms. The quantitative estimate of drug-likeness (QED) is 0.508. The molecule has 1 saturated heterocycles. The van der Waals surface area contributed by atoms with Crippen molar-refractivity contribution in [2.75, 3.05) is 18.1 Å². The molecule has 2 rings (SSSR count). The summed E-state index contributed by atoms with van der Waals surface area (Å²) < 4.78 is 7.45. The molecule has 1 aliphatic heterocycles. The van der Waals surface area contributed by atoms with Crippen molar-refractivity contribution in [1.82, 2.24) is 0 Å². The van der Waals surface area contributed by atoms with Gasteiger partial charge < -0.3 is 4.43 Å². The maximum atomic E-state index is 6.59. The first-order chi connectivity index (χ1) is 10.6. The van der Waals surface area contributed by atoms with Crippen molar-refractivity contribution in [2.24, 2.45) is 23.7 Å². The third-order valence-electron chi connectivity index (χ3n) is 6.52. The van der Waals surface area contributed by atoms with E-state index in [1.807, 2.05) is 0 Å². The van der Waals surface area contributed by atoms with Crippen LogP contribution < -0.4 is 0 Å². The first kappa shape index (κ1) is 20.2. The predicted octanol–water partition coefficient (Wildman–Crippen LogP) is 6.50. The fourth-order valence-corrected chi connectivity index (χ4v) is 8.51. The highest BCUT2D eigenvalue weighted by Gasteiger charge is 2.42. The first-order valence-electron chi connectivity index (χ1n) is 9.50. The zero-order valence-corrected chi connectivity index (χ0v) is 19.0. The second kappa shape index (κ2) is 8.05. The van der Waals surface area contributed by atoms with Crippen LogP contribution in [0.2, 0.25) is 18.1 Å². The Bertz CT molecular complexity index is 374. The van der Waals surface area contributed by atoms with Crippen molar-refractivity contribution >= 4 is 31.8 Å². The highest BCUT2D eigenvalue weighted by atomic mass is 32.2. The summed E-state index contributed by atoms with van der Waals surface area (Å²) in [5, 5.41) is 0.321. The van der Waals surface area contributed by atoms with Crippen molar-refractivity contribution in [3.8, 4) is 0 Å². The Hall–Kier alpha value is 0.877. The summed E-state index contributed by atoms with van der Waals surface area (Å²) >= 11 is 4.46. The van der Waals surface area contributed by atoms with Crippen LogP contribution in [0.5, 0.6) is 0 Å². The Kier molecular flexibility index (Phi) is 7.07. The number of hydrogen-bond donors (Lipinski definition) is 0. The molecule has 0 radical (unpaired) electrons. The van der Waals surface area contributed by atoms with E-state index in [4.69, 9.17) is 4.43 Å². The molecule has 0 aromatic carbocycles. The van der Waals surface area contributed by atoms with Gasteiger partial charge in [0, 0.05) is 18.1 Å². The van der Waals surface area contributed by atoms with Crippen molar-refractivity contribution in [1.29, 1.82) is 0 Å². The zero-order valence-electron chi connectivity index (χ0n) is 16.4. The molecule has 2 aliphatic rings. The minimum absolute atomic E-state index is 0.321. The number of thioether (sulfide) groups is 2. The Morgan fingerprint density at radius 2 is 1.74 bits per heavy atom. The highest BCUT2D eigenvalue weighted by Crippen LogP contribution is 2.50. The maximum Gasteiger partial charge on any atom is 0.191 e. The Labute approximate surface area is 154 Å². The van der Waals surface area contributed by atoms with Gasteiger partial charge in [-0.2, -0.15) is 0 Å². The normalized spacial score (nSPS) is 32.2. The Balaban J connectivity index is 2.00. The molecule has 0 unspecified atom stereocenters. The summed E-state index contributed by atoms with van der Waals surface area (Å²) in [6.07, 6.45) is 4.31. The Morgan fingerprint density at radius 3 is 2.30 bits per heavy atom. The summed E-state index contributed by atoms with van der Waals surface area (Å²) in [6.45, 7) is 17.8. The summed E-state index contributed by atoms with van der Waals surface area (Å²) in [5.41, 5.74) is 0. The van der Waals surface area contributed by atoms with Gasteiger partial charge in [0.2, 0.25) is 0 Å². The smallest absolute Gasteiger partial charge is 0.191 e. The van der Waals surface area contributed by atoms with Gasteiger partial charge in [-0.25, -0.2) is 0 Å². The summed E-state index contributed by atoms with van der Waals surface area (Å²) in [7, 11) is -1.62. The lowest BCUT2D eigenvalue weighted by molar-refractivity contribution is 0.0811. The summed E-state index contributed by atoms with van der Waals surface area (Å²) in [5.74, 6) is 6.06. The zero-order chi connectivity index (χ0) is 17.3. The SMILES string of the molecule is C[C@@H]1CCC[C@H](C2SCCS2)[C@H]1[C@H](C)CO[Si](C)(C)C(C)(C)C. The lowest BCUT2D eigenvalue weighted by Crippen LogP contribution is -2.44. The second-order valence-electron chi connectivity index (χ2n) is 9.31. The fraction of sp³-hybridized carbons (Fsp3) is 1.00. The molecule has 23 heavy (non-hydrogen) atoms. The van der Waals surface area contributed by atoms with Crippen molar-refractivity contribution in [3.05, 3.63) is 0 Å². The van der Waals surface area contributed by atoms with Crippen LogP contribution in [0.3, 0.4) is 0 Å². The van der Waals surface area contributed by atoms with E-state index in [0.717, 1.165) is 28.9 Å². The molecule has 1 heterocycles. The Morgan fingerprint density at radius 1 is 1.13 bits per heavy atom. The van der Waals surface area contributed by atoms with Crippen LogP contribution in [0.1, 0.15) is 53.9 Å². The van der Waals surface area contributed by atoms with Gasteiger partial charge in [-0.15, -0.1) is 23.5 Å². The first-order valence-corrected chi connectivity index (χ1v) is 14.5. The van der Waals surface area contributed by atoms with Crippen molar-refractivity contribution < 1.29 is 4.43 Å². The largest absolute Gasteiger partial charge is 0.417 e. The molecule has 0 aromatic rings. The van der Waals surface area contributed by atoms with E-state index >= 15 is 0 Å². The van der Waals surface area contributed by atoms with Gasteiger partial charge >= 0.3 is 0 Å². The molecule has 2 fully saturated rings. The standard InChI is InChI=1S/C19H38OS2Si/c1-14-9-8-10-16(18-21-11-12-22-18)17(14)15(2)13-20-23(6,7)19(3,4)5/h14-18H,8-13H2,1-7H3/t14-,15-,16+,17-/m1/s1. The molecule has 136 valence electrons. The van der Waals surface area contributed by atoms with E-state index in [0.29, 0.717) is 11.0 Å². The molecule has 4 heteroatoms. The molecular weight excluding hydrogens is 336 g/mol. The van der Waals surface area contributed by atoms with E-state index in [1.165, 1.54) is 30.8 Å². The van der Waals surface area contributed by atoms with Crippen LogP contribution in [0.25, 0.3) is 0 Å². The topological polar surface area (TPSA) is 9.23 Å². The van der Waals surface area contributed by atoms with Crippen LogP contribution in [-0.2, 0) is 4.43 Å². The molecule has 0 aromatic heterocycles. The summed E-state index contributed by atoms with van der Waals surface area (Å²) in [6, 6.07) is 0. The second-order valence-corrected chi connectivity index (χ2v) is 16.9. The van der Waals surface area contributed by atoms with E-state index in [9.17, 15) is 0 Å². The minimum Gasteiger partial charge on any atom is -0.417 e. The number of rotatable bonds is 5. The van der Waals surface area contributed by atoms with Gasteiger partial charge in [0.15, 0.2) is 8.32 Å². The van der Waals surface area contributed by atoms with Gasteiger partial charge in [0.25, 0.3) is 0 Å². The van der Waals surface area contributed by atoms with Crippen LogP contribution >= 0.6 is 23.5 Å². The third-order valence-corrected chi connectivity index (χ3v) is 14.3. The van der Waals surface area contributed by atoms with E-state index in [2.05, 4.69) is 71.2 Å². The van der Waals surface area contributed by atoms with Crippen molar-refractivity contribution in [2.45, 2.75) is 76.6 Å². The predicted molar refractivity (Wildman–Crippen MR) is 111 cm³/mol. The molecule has 1 saturated carbocycles. The van der Waals surface area contributed by atoms with Gasteiger partial charge in [0.1, 0.15) is 0 Å². The van der Waals surface area contributed by atoms with Gasteiger partial charge in [-0.05, 0) is 48.2 Å². The fourth-order valence-electron chi connectivity index (χ4n) is 4.07. The van der Waals surface area contributed by atoms with Gasteiger partial charge in [-0.3, -0.25) is 0 Å². The number of hydrogen-bond acceptors (Lipinski definition) is 3. The van der Waals surface area contributed by atoms with Gasteiger partial charge in [0.05, 0.1) is 4.58 Å².